The van der Waals surface area contributed by atoms with E-state index < -0.39 is 0 Å². The van der Waals surface area contributed by atoms with Gasteiger partial charge in [0.1, 0.15) is 5.75 Å². The lowest BCUT2D eigenvalue weighted by Gasteiger charge is -2.21. The standard InChI is InChI=1S/C15H26N2O/c1-6-16-9-10-17-13-11-12(15(2,3)4)7-8-14(13)18-5/h7-8,11,16-17H,6,9-10H2,1-5H3. The third-order valence-electron chi connectivity index (χ3n) is 2.93. The summed E-state index contributed by atoms with van der Waals surface area (Å²) in [4.78, 5) is 0. The van der Waals surface area contributed by atoms with Crippen molar-refractivity contribution in [3.8, 4) is 5.75 Å². The Morgan fingerprint density at radius 2 is 1.89 bits per heavy atom. The van der Waals surface area contributed by atoms with Crippen molar-refractivity contribution in [1.29, 1.82) is 0 Å². The lowest BCUT2D eigenvalue weighted by Crippen LogP contribution is -2.22. The summed E-state index contributed by atoms with van der Waals surface area (Å²) in [6.07, 6.45) is 0. The van der Waals surface area contributed by atoms with E-state index in [1.807, 2.05) is 6.07 Å². The maximum absolute atomic E-state index is 5.39. The van der Waals surface area contributed by atoms with E-state index in [0.717, 1.165) is 31.1 Å². The van der Waals surface area contributed by atoms with Gasteiger partial charge in [-0.25, -0.2) is 0 Å². The van der Waals surface area contributed by atoms with Crippen molar-refractivity contribution >= 4 is 5.69 Å². The van der Waals surface area contributed by atoms with Crippen LogP contribution in [0.3, 0.4) is 0 Å². The second-order valence-corrected chi connectivity index (χ2v) is 5.45. The van der Waals surface area contributed by atoms with Crippen LogP contribution in [0.2, 0.25) is 0 Å². The van der Waals surface area contributed by atoms with Gasteiger partial charge in [0.25, 0.3) is 0 Å². The van der Waals surface area contributed by atoms with Crippen LogP contribution in [0.25, 0.3) is 0 Å². The number of rotatable bonds is 6. The Hall–Kier alpha value is -1.22. The van der Waals surface area contributed by atoms with E-state index in [-0.39, 0.29) is 5.41 Å². The molecule has 0 aromatic heterocycles. The summed E-state index contributed by atoms with van der Waals surface area (Å²) in [6.45, 7) is 11.6. The zero-order chi connectivity index (χ0) is 13.6. The molecule has 0 aliphatic heterocycles. The van der Waals surface area contributed by atoms with E-state index in [0.29, 0.717) is 0 Å². The summed E-state index contributed by atoms with van der Waals surface area (Å²) < 4.78 is 5.39. The molecule has 0 radical (unpaired) electrons. The van der Waals surface area contributed by atoms with Crippen molar-refractivity contribution in [3.63, 3.8) is 0 Å². The fraction of sp³-hybridized carbons (Fsp3) is 0.600. The lowest BCUT2D eigenvalue weighted by atomic mass is 9.87. The minimum absolute atomic E-state index is 0.157. The number of hydrogen-bond acceptors (Lipinski definition) is 3. The highest BCUT2D eigenvalue weighted by Gasteiger charge is 2.15. The summed E-state index contributed by atoms with van der Waals surface area (Å²) >= 11 is 0. The van der Waals surface area contributed by atoms with Crippen molar-refractivity contribution in [1.82, 2.24) is 5.32 Å². The molecule has 3 nitrogen and oxygen atoms in total. The Kier molecular flexibility index (Phi) is 5.48. The van der Waals surface area contributed by atoms with Crippen molar-refractivity contribution in [3.05, 3.63) is 23.8 Å². The number of nitrogens with one attached hydrogen (secondary N) is 2. The number of anilines is 1. The quantitative estimate of drug-likeness (QED) is 0.761. The molecule has 3 heteroatoms. The van der Waals surface area contributed by atoms with Gasteiger partial charge >= 0.3 is 0 Å². The van der Waals surface area contributed by atoms with Gasteiger partial charge in [-0.3, -0.25) is 0 Å². The van der Waals surface area contributed by atoms with E-state index >= 15 is 0 Å². The van der Waals surface area contributed by atoms with Crippen molar-refractivity contribution in [2.45, 2.75) is 33.1 Å². The molecular formula is C15H26N2O. The van der Waals surface area contributed by atoms with Crippen LogP contribution >= 0.6 is 0 Å². The highest BCUT2D eigenvalue weighted by atomic mass is 16.5. The monoisotopic (exact) mass is 250 g/mol. The Morgan fingerprint density at radius 1 is 1.17 bits per heavy atom. The predicted octanol–water partition coefficient (Wildman–Crippen LogP) is 3.01. The first kappa shape index (κ1) is 14.8. The van der Waals surface area contributed by atoms with E-state index in [9.17, 15) is 0 Å². The van der Waals surface area contributed by atoms with Gasteiger partial charge in [-0.1, -0.05) is 33.8 Å². The molecule has 0 heterocycles. The molecule has 0 bridgehead atoms. The third-order valence-corrected chi connectivity index (χ3v) is 2.93. The number of benzene rings is 1. The van der Waals surface area contributed by atoms with Gasteiger partial charge in [0.05, 0.1) is 12.8 Å². The van der Waals surface area contributed by atoms with E-state index in [1.54, 1.807) is 7.11 Å². The number of hydrogen-bond donors (Lipinski definition) is 2. The smallest absolute Gasteiger partial charge is 0.141 e. The molecule has 0 saturated heterocycles. The number of ether oxygens (including phenoxy) is 1. The molecule has 0 fully saturated rings. The molecule has 0 aliphatic carbocycles. The molecule has 102 valence electrons. The van der Waals surface area contributed by atoms with Crippen LogP contribution in [-0.4, -0.2) is 26.7 Å². The average Bonchev–Trinajstić information content (AvgIpc) is 2.33. The maximum atomic E-state index is 5.39. The van der Waals surface area contributed by atoms with Gasteiger partial charge in [-0.05, 0) is 29.7 Å². The summed E-state index contributed by atoms with van der Waals surface area (Å²) in [6, 6.07) is 6.36. The minimum Gasteiger partial charge on any atom is -0.495 e. The molecule has 0 unspecified atom stereocenters. The molecule has 1 aromatic carbocycles. The molecule has 0 saturated carbocycles. The van der Waals surface area contributed by atoms with Gasteiger partial charge in [0.2, 0.25) is 0 Å². The van der Waals surface area contributed by atoms with E-state index in [1.165, 1.54) is 5.56 Å². The zero-order valence-electron chi connectivity index (χ0n) is 12.3. The van der Waals surface area contributed by atoms with Crippen molar-refractivity contribution in [2.75, 3.05) is 32.1 Å². The van der Waals surface area contributed by atoms with Crippen LogP contribution < -0.4 is 15.4 Å². The Morgan fingerprint density at radius 3 is 2.44 bits per heavy atom. The summed E-state index contributed by atoms with van der Waals surface area (Å²) in [5, 5.41) is 6.72. The second-order valence-electron chi connectivity index (χ2n) is 5.45. The number of likely N-dealkylation sites (N-methyl/N-ethyl adjacent to an activating group) is 1. The normalized spacial score (nSPS) is 11.4. The average molecular weight is 250 g/mol. The number of methoxy groups -OCH3 is 1. The summed E-state index contributed by atoms with van der Waals surface area (Å²) in [5.41, 5.74) is 2.54. The molecule has 1 rings (SSSR count). The van der Waals surface area contributed by atoms with Crippen LogP contribution in [-0.2, 0) is 5.41 Å². The maximum Gasteiger partial charge on any atom is 0.141 e. The molecule has 18 heavy (non-hydrogen) atoms. The summed E-state index contributed by atoms with van der Waals surface area (Å²) in [5.74, 6) is 0.902. The van der Waals surface area contributed by atoms with Crippen LogP contribution in [0.5, 0.6) is 5.75 Å². The molecule has 1 aromatic rings. The minimum atomic E-state index is 0.157. The van der Waals surface area contributed by atoms with Crippen molar-refractivity contribution < 1.29 is 4.74 Å². The highest BCUT2D eigenvalue weighted by Crippen LogP contribution is 2.31. The first-order valence-electron chi connectivity index (χ1n) is 6.62. The van der Waals surface area contributed by atoms with Gasteiger partial charge in [-0.2, -0.15) is 0 Å². The van der Waals surface area contributed by atoms with Crippen LogP contribution in [0.15, 0.2) is 18.2 Å². The van der Waals surface area contributed by atoms with Crippen LogP contribution in [0, 0.1) is 0 Å². The highest BCUT2D eigenvalue weighted by molar-refractivity contribution is 5.59. The van der Waals surface area contributed by atoms with Gasteiger partial charge in [0, 0.05) is 13.1 Å². The second kappa shape index (κ2) is 6.64. The third kappa shape index (κ3) is 4.22. The Labute approximate surface area is 111 Å². The molecule has 0 aliphatic rings. The summed E-state index contributed by atoms with van der Waals surface area (Å²) in [7, 11) is 1.71. The van der Waals surface area contributed by atoms with Gasteiger partial charge < -0.3 is 15.4 Å². The predicted molar refractivity (Wildman–Crippen MR) is 78.7 cm³/mol. The lowest BCUT2D eigenvalue weighted by molar-refractivity contribution is 0.416. The molecular weight excluding hydrogens is 224 g/mol. The first-order chi connectivity index (χ1) is 8.49. The Balaban J connectivity index is 2.79. The largest absolute Gasteiger partial charge is 0.495 e. The van der Waals surface area contributed by atoms with E-state index in [2.05, 4.69) is 50.5 Å². The fourth-order valence-corrected chi connectivity index (χ4v) is 1.77. The Bertz CT molecular complexity index is 369. The zero-order valence-corrected chi connectivity index (χ0v) is 12.3. The molecule has 0 atom stereocenters. The molecule has 0 amide bonds. The van der Waals surface area contributed by atoms with Crippen LogP contribution in [0.4, 0.5) is 5.69 Å². The molecule has 0 spiro atoms. The van der Waals surface area contributed by atoms with Crippen molar-refractivity contribution in [2.24, 2.45) is 0 Å². The SMILES string of the molecule is CCNCCNc1cc(C(C)(C)C)ccc1OC. The first-order valence-corrected chi connectivity index (χ1v) is 6.62. The molecule has 2 N–H and O–H groups in total. The fourth-order valence-electron chi connectivity index (χ4n) is 1.77. The van der Waals surface area contributed by atoms with Crippen LogP contribution in [0.1, 0.15) is 33.3 Å². The van der Waals surface area contributed by atoms with Gasteiger partial charge in [0.15, 0.2) is 0 Å². The topological polar surface area (TPSA) is 33.3 Å². The van der Waals surface area contributed by atoms with Gasteiger partial charge in [-0.15, -0.1) is 0 Å². The van der Waals surface area contributed by atoms with E-state index in [4.69, 9.17) is 4.74 Å².